The molecule has 0 bridgehead atoms. The van der Waals surface area contributed by atoms with Crippen molar-refractivity contribution in [3.63, 3.8) is 0 Å². The van der Waals surface area contributed by atoms with Gasteiger partial charge in [-0.15, -0.1) is 0 Å². The molecular weight excluding hydrogens is 412 g/mol. The van der Waals surface area contributed by atoms with E-state index in [2.05, 4.69) is 10.3 Å². The predicted molar refractivity (Wildman–Crippen MR) is 110 cm³/mol. The smallest absolute Gasteiger partial charge is 0.266 e. The third-order valence-electron chi connectivity index (χ3n) is 4.28. The van der Waals surface area contributed by atoms with Crippen LogP contribution in [0, 0.1) is 6.92 Å². The Morgan fingerprint density at radius 1 is 1.03 bits per heavy atom. The van der Waals surface area contributed by atoms with Crippen molar-refractivity contribution in [2.24, 2.45) is 0 Å². The Balaban J connectivity index is 1.73. The molecule has 0 saturated carbocycles. The number of nitrogens with zero attached hydrogens (tertiary/aromatic N) is 1. The molecule has 2 heterocycles. The zero-order valence-corrected chi connectivity index (χ0v) is 17.0. The number of aromatic nitrogens is 1. The van der Waals surface area contributed by atoms with Gasteiger partial charge in [-0.3, -0.25) is 0 Å². The Bertz CT molecular complexity index is 1210. The van der Waals surface area contributed by atoms with Crippen LogP contribution in [0.3, 0.4) is 0 Å². The molecule has 29 heavy (non-hydrogen) atoms. The summed E-state index contributed by atoms with van der Waals surface area (Å²) in [6, 6.07) is 17.1. The van der Waals surface area contributed by atoms with Crippen LogP contribution in [0.1, 0.15) is 11.1 Å². The fraction of sp³-hybridized carbons (Fsp3) is 0.0952. The van der Waals surface area contributed by atoms with Crippen LogP contribution in [0.15, 0.2) is 85.7 Å². The number of anilines is 1. The Morgan fingerprint density at radius 3 is 2.41 bits per heavy atom. The molecule has 8 heteroatoms. The van der Waals surface area contributed by atoms with Crippen LogP contribution in [0.2, 0.25) is 5.02 Å². The van der Waals surface area contributed by atoms with Gasteiger partial charge in [-0.25, -0.2) is 8.42 Å². The van der Waals surface area contributed by atoms with Gasteiger partial charge in [-0.05, 0) is 48.9 Å². The van der Waals surface area contributed by atoms with Crippen LogP contribution in [0.5, 0.6) is 0 Å². The van der Waals surface area contributed by atoms with Crippen molar-refractivity contribution in [1.29, 1.82) is 0 Å². The molecule has 148 valence electrons. The minimum absolute atomic E-state index is 0.0481. The van der Waals surface area contributed by atoms with Crippen molar-refractivity contribution in [3.05, 3.63) is 83.1 Å². The summed E-state index contributed by atoms with van der Waals surface area (Å²) in [5.41, 5.74) is 1.87. The van der Waals surface area contributed by atoms with Crippen molar-refractivity contribution in [2.45, 2.75) is 23.4 Å². The van der Waals surface area contributed by atoms with Crippen LogP contribution >= 0.6 is 11.6 Å². The summed E-state index contributed by atoms with van der Waals surface area (Å²) < 4.78 is 37.4. The molecule has 4 aromatic rings. The third-order valence-corrected chi connectivity index (χ3v) is 6.21. The Morgan fingerprint density at radius 2 is 1.76 bits per heavy atom. The second kappa shape index (κ2) is 7.77. The van der Waals surface area contributed by atoms with Crippen molar-refractivity contribution in [3.8, 4) is 11.7 Å². The van der Waals surface area contributed by atoms with E-state index in [-0.39, 0.29) is 21.7 Å². The minimum atomic E-state index is -3.90. The topological polar surface area (TPSA) is 85.3 Å². The molecule has 0 fully saturated rings. The summed E-state index contributed by atoms with van der Waals surface area (Å²) in [6.45, 7) is 2.22. The largest absolute Gasteiger partial charge is 0.459 e. The number of hydrogen-bond donors (Lipinski definition) is 1. The van der Waals surface area contributed by atoms with Gasteiger partial charge in [0.2, 0.25) is 20.7 Å². The zero-order valence-electron chi connectivity index (χ0n) is 15.4. The Kier molecular flexibility index (Phi) is 5.17. The summed E-state index contributed by atoms with van der Waals surface area (Å²) in [6.07, 6.45) is 1.47. The van der Waals surface area contributed by atoms with E-state index in [9.17, 15) is 8.42 Å². The first-order valence-corrected chi connectivity index (χ1v) is 10.6. The van der Waals surface area contributed by atoms with E-state index < -0.39 is 9.84 Å². The number of benzene rings is 2. The highest BCUT2D eigenvalue weighted by atomic mass is 35.5. The first kappa shape index (κ1) is 19.3. The molecule has 6 nitrogen and oxygen atoms in total. The molecule has 0 atom stereocenters. The standard InChI is InChI=1S/C21H17ClN2O4S/c1-14-4-10-17(11-5-14)29(25,26)21-20(23-13-15-6-8-16(22)9-7-15)28-19(24-21)18-3-2-12-27-18/h2-12,23H,13H2,1H3. The van der Waals surface area contributed by atoms with E-state index in [0.717, 1.165) is 11.1 Å². The highest BCUT2D eigenvalue weighted by molar-refractivity contribution is 7.91. The maximum absolute atomic E-state index is 13.2. The fourth-order valence-corrected chi connectivity index (χ4v) is 4.12. The lowest BCUT2D eigenvalue weighted by Gasteiger charge is -2.07. The second-order valence-corrected chi connectivity index (χ2v) is 8.73. The maximum Gasteiger partial charge on any atom is 0.266 e. The van der Waals surface area contributed by atoms with Crippen LogP contribution in [-0.2, 0) is 16.4 Å². The van der Waals surface area contributed by atoms with Gasteiger partial charge >= 0.3 is 0 Å². The summed E-state index contributed by atoms with van der Waals surface area (Å²) in [7, 11) is -3.90. The van der Waals surface area contributed by atoms with Crippen molar-refractivity contribution >= 4 is 27.3 Å². The molecule has 0 spiro atoms. The van der Waals surface area contributed by atoms with Gasteiger partial charge in [0.05, 0.1) is 11.2 Å². The molecule has 0 radical (unpaired) electrons. The molecule has 1 N–H and O–H groups in total. The first-order valence-electron chi connectivity index (χ1n) is 8.78. The molecule has 0 aliphatic rings. The van der Waals surface area contributed by atoms with Gasteiger partial charge in [-0.1, -0.05) is 41.4 Å². The summed E-state index contributed by atoms with van der Waals surface area (Å²) in [5.74, 6) is 0.469. The third kappa shape index (κ3) is 4.06. The number of halogens is 1. The van der Waals surface area contributed by atoms with E-state index in [1.165, 1.54) is 6.26 Å². The number of rotatable bonds is 6. The highest BCUT2D eigenvalue weighted by Crippen LogP contribution is 2.33. The SMILES string of the molecule is Cc1ccc(S(=O)(=O)c2nc(-c3ccco3)oc2NCc2ccc(Cl)cc2)cc1. The van der Waals surface area contributed by atoms with E-state index in [1.807, 2.05) is 19.1 Å². The molecule has 2 aromatic carbocycles. The van der Waals surface area contributed by atoms with E-state index in [1.54, 1.807) is 48.5 Å². The summed E-state index contributed by atoms with van der Waals surface area (Å²) >= 11 is 5.91. The molecule has 0 saturated heterocycles. The zero-order chi connectivity index (χ0) is 20.4. The highest BCUT2D eigenvalue weighted by Gasteiger charge is 2.29. The van der Waals surface area contributed by atoms with Gasteiger partial charge < -0.3 is 14.2 Å². The van der Waals surface area contributed by atoms with Gasteiger partial charge in [0.1, 0.15) is 0 Å². The lowest BCUT2D eigenvalue weighted by molar-refractivity contribution is 0.522. The number of aryl methyl sites for hydroxylation is 1. The number of oxazole rings is 1. The van der Waals surface area contributed by atoms with Crippen LogP contribution < -0.4 is 5.32 Å². The van der Waals surface area contributed by atoms with Gasteiger partial charge in [-0.2, -0.15) is 4.98 Å². The normalized spacial score (nSPS) is 11.5. The number of sulfone groups is 1. The van der Waals surface area contributed by atoms with Crippen molar-refractivity contribution in [1.82, 2.24) is 4.98 Å². The van der Waals surface area contributed by atoms with Crippen LogP contribution in [-0.4, -0.2) is 13.4 Å². The molecule has 0 unspecified atom stereocenters. The number of nitrogens with one attached hydrogen (secondary N) is 1. The number of hydrogen-bond acceptors (Lipinski definition) is 6. The minimum Gasteiger partial charge on any atom is -0.459 e. The average Bonchev–Trinajstić information content (AvgIpc) is 3.38. The molecule has 0 amide bonds. The quantitative estimate of drug-likeness (QED) is 0.446. The van der Waals surface area contributed by atoms with Gasteiger partial charge in [0, 0.05) is 11.6 Å². The predicted octanol–water partition coefficient (Wildman–Crippen LogP) is 5.34. The van der Waals surface area contributed by atoms with Crippen molar-refractivity contribution < 1.29 is 17.3 Å². The molecule has 2 aromatic heterocycles. The number of furan rings is 1. The maximum atomic E-state index is 13.2. The van der Waals surface area contributed by atoms with Gasteiger partial charge in [0.15, 0.2) is 5.76 Å². The Labute approximate surface area is 173 Å². The average molecular weight is 429 g/mol. The van der Waals surface area contributed by atoms with E-state index >= 15 is 0 Å². The van der Waals surface area contributed by atoms with Crippen molar-refractivity contribution in [2.75, 3.05) is 5.32 Å². The molecule has 0 aliphatic carbocycles. The first-order chi connectivity index (χ1) is 13.9. The lowest BCUT2D eigenvalue weighted by atomic mass is 10.2. The van der Waals surface area contributed by atoms with E-state index in [4.69, 9.17) is 20.4 Å². The fourth-order valence-electron chi connectivity index (χ4n) is 2.72. The second-order valence-electron chi connectivity index (χ2n) is 6.43. The molecule has 4 rings (SSSR count). The lowest BCUT2D eigenvalue weighted by Crippen LogP contribution is -2.07. The van der Waals surface area contributed by atoms with Crippen LogP contribution in [0.4, 0.5) is 5.88 Å². The van der Waals surface area contributed by atoms with Gasteiger partial charge in [0.25, 0.3) is 5.89 Å². The monoisotopic (exact) mass is 428 g/mol. The molecule has 0 aliphatic heterocycles. The Hall–Kier alpha value is -3.03. The summed E-state index contributed by atoms with van der Waals surface area (Å²) in [5, 5.41) is 3.45. The summed E-state index contributed by atoms with van der Waals surface area (Å²) in [4.78, 5) is 4.35. The van der Waals surface area contributed by atoms with Crippen LogP contribution in [0.25, 0.3) is 11.7 Å². The van der Waals surface area contributed by atoms with E-state index in [0.29, 0.717) is 17.3 Å². The molecular formula is C21H17ClN2O4S.